The molecule has 2 heterocycles. The number of piperazine rings is 1. The van der Waals surface area contributed by atoms with Crippen molar-refractivity contribution in [3.63, 3.8) is 0 Å². The third kappa shape index (κ3) is 4.95. The van der Waals surface area contributed by atoms with Crippen LogP contribution in [0.3, 0.4) is 0 Å². The Kier molecular flexibility index (Phi) is 6.77. The van der Waals surface area contributed by atoms with Gasteiger partial charge in [-0.15, -0.1) is 0 Å². The minimum Gasteiger partial charge on any atom is -0.489 e. The van der Waals surface area contributed by atoms with Gasteiger partial charge in [-0.3, -0.25) is 9.69 Å². The van der Waals surface area contributed by atoms with Crippen LogP contribution in [-0.2, 0) is 13.2 Å². The molecule has 32 heavy (non-hydrogen) atoms. The number of hydrogen-bond acceptors (Lipinski definition) is 5. The zero-order valence-corrected chi connectivity index (χ0v) is 18.9. The van der Waals surface area contributed by atoms with Crippen molar-refractivity contribution in [2.75, 3.05) is 26.2 Å². The Labute approximate surface area is 191 Å². The second kappa shape index (κ2) is 9.71. The van der Waals surface area contributed by atoms with Crippen LogP contribution in [0, 0.1) is 19.7 Å². The van der Waals surface area contributed by atoms with Crippen LogP contribution in [-0.4, -0.2) is 47.0 Å². The van der Waals surface area contributed by atoms with Gasteiger partial charge in [0.15, 0.2) is 5.69 Å². The lowest BCUT2D eigenvalue weighted by Crippen LogP contribution is -2.48. The van der Waals surface area contributed by atoms with Gasteiger partial charge in [0, 0.05) is 43.3 Å². The van der Waals surface area contributed by atoms with E-state index in [1.165, 1.54) is 6.07 Å². The topological polar surface area (TPSA) is 58.8 Å². The van der Waals surface area contributed by atoms with Gasteiger partial charge in [0.25, 0.3) is 5.91 Å². The molecule has 0 N–H and O–H groups in total. The van der Waals surface area contributed by atoms with E-state index in [0.717, 1.165) is 11.3 Å². The number of rotatable bonds is 6. The van der Waals surface area contributed by atoms with E-state index in [4.69, 9.17) is 20.9 Å². The number of nitrogens with zero attached hydrogens (tertiary/aromatic N) is 3. The van der Waals surface area contributed by atoms with E-state index in [-0.39, 0.29) is 24.0 Å². The Morgan fingerprint density at radius 1 is 1.09 bits per heavy atom. The van der Waals surface area contributed by atoms with E-state index in [0.29, 0.717) is 54.6 Å². The van der Waals surface area contributed by atoms with Crippen LogP contribution in [0.4, 0.5) is 4.39 Å². The molecule has 0 radical (unpaired) electrons. The summed E-state index contributed by atoms with van der Waals surface area (Å²) in [7, 11) is 0. The number of benzene rings is 2. The number of amides is 1. The molecule has 6 nitrogen and oxygen atoms in total. The lowest BCUT2D eigenvalue weighted by Gasteiger charge is -2.34. The standard InChI is InChI=1S/C24H25ClFN3O3/c1-16-6-8-18(9-7-16)31-15-20-17(2)32-27-23(20)24(30)29-12-10-28(11-13-29)14-19-21(25)4-3-5-22(19)26/h3-9H,10-15H2,1-2H3. The predicted octanol–water partition coefficient (Wildman–Crippen LogP) is 4.62. The molecule has 168 valence electrons. The fraction of sp³-hybridized carbons (Fsp3) is 0.333. The van der Waals surface area contributed by atoms with E-state index in [1.54, 1.807) is 24.0 Å². The monoisotopic (exact) mass is 457 g/mol. The van der Waals surface area contributed by atoms with E-state index >= 15 is 0 Å². The number of carbonyl (C=O) groups excluding carboxylic acids is 1. The molecular formula is C24H25ClFN3O3. The van der Waals surface area contributed by atoms with Gasteiger partial charge >= 0.3 is 0 Å². The average Bonchev–Trinajstić information content (AvgIpc) is 3.16. The summed E-state index contributed by atoms with van der Waals surface area (Å²) < 4.78 is 25.2. The molecule has 1 aliphatic rings. The first-order valence-electron chi connectivity index (χ1n) is 10.5. The highest BCUT2D eigenvalue weighted by Crippen LogP contribution is 2.23. The van der Waals surface area contributed by atoms with Crippen molar-refractivity contribution >= 4 is 17.5 Å². The van der Waals surface area contributed by atoms with Gasteiger partial charge in [-0.05, 0) is 38.1 Å². The van der Waals surface area contributed by atoms with Crippen LogP contribution in [0.1, 0.15) is 32.9 Å². The van der Waals surface area contributed by atoms with Gasteiger partial charge < -0.3 is 14.2 Å². The average molecular weight is 458 g/mol. The molecule has 0 bridgehead atoms. The number of halogens is 2. The van der Waals surface area contributed by atoms with Crippen molar-refractivity contribution in [2.24, 2.45) is 0 Å². The molecule has 1 amide bonds. The summed E-state index contributed by atoms with van der Waals surface area (Å²) in [5.74, 6) is 0.781. The minimum absolute atomic E-state index is 0.187. The lowest BCUT2D eigenvalue weighted by atomic mass is 10.1. The van der Waals surface area contributed by atoms with Crippen molar-refractivity contribution < 1.29 is 18.4 Å². The molecule has 1 saturated heterocycles. The number of aryl methyl sites for hydroxylation is 2. The van der Waals surface area contributed by atoms with Gasteiger partial charge in [-0.1, -0.05) is 40.5 Å². The molecule has 0 atom stereocenters. The SMILES string of the molecule is Cc1ccc(OCc2c(C(=O)N3CCN(Cc4c(F)cccc4Cl)CC3)noc2C)cc1. The zero-order chi connectivity index (χ0) is 22.7. The molecule has 4 rings (SSSR count). The molecule has 1 aromatic heterocycles. The third-order valence-corrected chi connectivity index (χ3v) is 6.05. The van der Waals surface area contributed by atoms with E-state index in [2.05, 4.69) is 10.1 Å². The minimum atomic E-state index is -0.313. The summed E-state index contributed by atoms with van der Waals surface area (Å²) in [5, 5.41) is 4.42. The Hall–Kier alpha value is -2.90. The second-order valence-corrected chi connectivity index (χ2v) is 8.34. The number of ether oxygens (including phenoxy) is 1. The summed E-state index contributed by atoms with van der Waals surface area (Å²) >= 11 is 6.15. The van der Waals surface area contributed by atoms with Crippen molar-refractivity contribution in [3.8, 4) is 5.75 Å². The molecule has 0 aliphatic carbocycles. The summed E-state index contributed by atoms with van der Waals surface area (Å²) in [4.78, 5) is 16.9. The third-order valence-electron chi connectivity index (χ3n) is 5.69. The van der Waals surface area contributed by atoms with E-state index in [9.17, 15) is 9.18 Å². The van der Waals surface area contributed by atoms with Crippen LogP contribution in [0.5, 0.6) is 5.75 Å². The maximum absolute atomic E-state index is 14.1. The van der Waals surface area contributed by atoms with Crippen molar-refractivity contribution in [1.82, 2.24) is 15.0 Å². The van der Waals surface area contributed by atoms with Crippen LogP contribution < -0.4 is 4.74 Å². The molecule has 3 aromatic rings. The van der Waals surface area contributed by atoms with Gasteiger partial charge in [0.1, 0.15) is 23.9 Å². The Bertz CT molecular complexity index is 1070. The molecule has 1 fully saturated rings. The summed E-state index contributed by atoms with van der Waals surface area (Å²) in [6.45, 7) is 6.63. The maximum Gasteiger partial charge on any atom is 0.276 e. The smallest absolute Gasteiger partial charge is 0.276 e. The molecule has 0 saturated carbocycles. The van der Waals surface area contributed by atoms with Gasteiger partial charge in [0.05, 0.1) is 5.56 Å². The first-order valence-corrected chi connectivity index (χ1v) is 10.9. The highest BCUT2D eigenvalue weighted by atomic mass is 35.5. The van der Waals surface area contributed by atoms with Crippen molar-refractivity contribution in [3.05, 3.63) is 81.4 Å². The lowest BCUT2D eigenvalue weighted by molar-refractivity contribution is 0.0615. The van der Waals surface area contributed by atoms with E-state index < -0.39 is 0 Å². The number of aromatic nitrogens is 1. The van der Waals surface area contributed by atoms with Gasteiger partial charge in [-0.2, -0.15) is 0 Å². The van der Waals surface area contributed by atoms with Gasteiger partial charge in [0.2, 0.25) is 0 Å². The fourth-order valence-corrected chi connectivity index (χ4v) is 3.91. The first kappa shape index (κ1) is 22.3. The number of carbonyl (C=O) groups is 1. The fourth-order valence-electron chi connectivity index (χ4n) is 3.68. The van der Waals surface area contributed by atoms with Crippen LogP contribution in [0.2, 0.25) is 5.02 Å². The Morgan fingerprint density at radius 3 is 2.50 bits per heavy atom. The maximum atomic E-state index is 14.1. The van der Waals surface area contributed by atoms with Crippen molar-refractivity contribution in [2.45, 2.75) is 27.0 Å². The molecule has 1 aliphatic heterocycles. The Balaban J connectivity index is 1.37. The number of hydrogen-bond donors (Lipinski definition) is 0. The second-order valence-electron chi connectivity index (χ2n) is 7.94. The molecule has 0 unspecified atom stereocenters. The van der Waals surface area contributed by atoms with Crippen LogP contribution in [0.25, 0.3) is 0 Å². The normalized spacial score (nSPS) is 14.6. The first-order chi connectivity index (χ1) is 15.4. The highest BCUT2D eigenvalue weighted by Gasteiger charge is 2.28. The highest BCUT2D eigenvalue weighted by molar-refractivity contribution is 6.31. The zero-order valence-electron chi connectivity index (χ0n) is 18.1. The van der Waals surface area contributed by atoms with E-state index in [1.807, 2.05) is 31.2 Å². The van der Waals surface area contributed by atoms with Crippen LogP contribution in [0.15, 0.2) is 47.0 Å². The van der Waals surface area contributed by atoms with Gasteiger partial charge in [-0.25, -0.2) is 4.39 Å². The summed E-state index contributed by atoms with van der Waals surface area (Å²) in [6, 6.07) is 12.4. The van der Waals surface area contributed by atoms with Crippen LogP contribution >= 0.6 is 11.6 Å². The molecule has 2 aromatic carbocycles. The Morgan fingerprint density at radius 2 is 1.81 bits per heavy atom. The quantitative estimate of drug-likeness (QED) is 0.540. The summed E-state index contributed by atoms with van der Waals surface area (Å²) in [5.41, 5.74) is 2.55. The summed E-state index contributed by atoms with van der Waals surface area (Å²) in [6.07, 6.45) is 0. The largest absolute Gasteiger partial charge is 0.489 e. The molecular weight excluding hydrogens is 433 g/mol. The molecule has 0 spiro atoms. The molecule has 8 heteroatoms. The predicted molar refractivity (Wildman–Crippen MR) is 119 cm³/mol. The van der Waals surface area contributed by atoms with Crippen molar-refractivity contribution in [1.29, 1.82) is 0 Å².